The number of nitrogens with zero attached hydrogens (tertiary/aromatic N) is 4. The number of pyridine rings is 1. The summed E-state index contributed by atoms with van der Waals surface area (Å²) in [5, 5.41) is 21.7. The summed E-state index contributed by atoms with van der Waals surface area (Å²) in [6, 6.07) is 8.50. The molecule has 27 heavy (non-hydrogen) atoms. The summed E-state index contributed by atoms with van der Waals surface area (Å²) < 4.78 is 1.80. The molecule has 3 heterocycles. The number of phenols is 1. The maximum Gasteiger partial charge on any atom is 0.147 e. The van der Waals surface area contributed by atoms with Gasteiger partial charge in [-0.1, -0.05) is 12.5 Å². The second-order valence-electron chi connectivity index (χ2n) is 7.33. The van der Waals surface area contributed by atoms with Gasteiger partial charge in [0.1, 0.15) is 24.2 Å². The van der Waals surface area contributed by atoms with Crippen molar-refractivity contribution in [3.8, 4) is 22.7 Å². The standard InChI is InChI=1S/C21H25N5O/c1-15-8-20(21(23-12-15)26-13-24-25-14-26)17-9-16(10-19(27)11-17)5-6-18-4-2-3-7-22-18/h8-14,18,22,27H,2-7H2,1H3. The van der Waals surface area contributed by atoms with Crippen LogP contribution in [0.4, 0.5) is 0 Å². The first-order valence-corrected chi connectivity index (χ1v) is 9.57. The third-order valence-corrected chi connectivity index (χ3v) is 5.15. The van der Waals surface area contributed by atoms with Gasteiger partial charge < -0.3 is 10.4 Å². The van der Waals surface area contributed by atoms with Gasteiger partial charge in [-0.15, -0.1) is 10.2 Å². The lowest BCUT2D eigenvalue weighted by Gasteiger charge is -2.23. The average molecular weight is 363 g/mol. The Morgan fingerprint density at radius 3 is 2.78 bits per heavy atom. The number of nitrogens with one attached hydrogen (secondary N) is 1. The highest BCUT2D eigenvalue weighted by molar-refractivity contribution is 5.73. The van der Waals surface area contributed by atoms with Crippen LogP contribution >= 0.6 is 0 Å². The smallest absolute Gasteiger partial charge is 0.147 e. The predicted octanol–water partition coefficient (Wildman–Crippen LogP) is 3.42. The molecule has 1 atom stereocenters. The van der Waals surface area contributed by atoms with Gasteiger partial charge in [-0.2, -0.15) is 0 Å². The SMILES string of the molecule is Cc1cnc(-n2cnnc2)c(-c2cc(O)cc(CCC3CCCCN3)c2)c1. The molecular weight excluding hydrogens is 338 g/mol. The highest BCUT2D eigenvalue weighted by atomic mass is 16.3. The van der Waals surface area contributed by atoms with E-state index in [4.69, 9.17) is 0 Å². The minimum absolute atomic E-state index is 0.287. The monoisotopic (exact) mass is 363 g/mol. The van der Waals surface area contributed by atoms with Crippen LogP contribution in [0.5, 0.6) is 5.75 Å². The maximum absolute atomic E-state index is 10.3. The fourth-order valence-electron chi connectivity index (χ4n) is 3.78. The number of hydrogen-bond donors (Lipinski definition) is 2. The molecule has 1 aromatic carbocycles. The van der Waals surface area contributed by atoms with Crippen molar-refractivity contribution in [1.82, 2.24) is 25.1 Å². The highest BCUT2D eigenvalue weighted by Crippen LogP contribution is 2.30. The van der Waals surface area contributed by atoms with Gasteiger partial charge >= 0.3 is 0 Å². The van der Waals surface area contributed by atoms with Gasteiger partial charge in [-0.25, -0.2) is 4.98 Å². The number of piperidine rings is 1. The molecule has 0 bridgehead atoms. The van der Waals surface area contributed by atoms with E-state index in [1.807, 2.05) is 19.2 Å². The molecule has 140 valence electrons. The third kappa shape index (κ3) is 4.17. The van der Waals surface area contributed by atoms with Crippen LogP contribution in [0.25, 0.3) is 16.9 Å². The normalized spacial score (nSPS) is 17.1. The first kappa shape index (κ1) is 17.7. The predicted molar refractivity (Wildman–Crippen MR) is 105 cm³/mol. The van der Waals surface area contributed by atoms with Crippen molar-refractivity contribution in [2.75, 3.05) is 6.54 Å². The molecule has 0 saturated carbocycles. The van der Waals surface area contributed by atoms with Gasteiger partial charge in [-0.05, 0) is 74.0 Å². The Balaban J connectivity index is 1.64. The maximum atomic E-state index is 10.3. The van der Waals surface area contributed by atoms with Gasteiger partial charge in [0.25, 0.3) is 0 Å². The number of hydrogen-bond acceptors (Lipinski definition) is 5. The number of aromatic hydroxyl groups is 1. The van der Waals surface area contributed by atoms with Crippen molar-refractivity contribution in [2.24, 2.45) is 0 Å². The van der Waals surface area contributed by atoms with Crippen LogP contribution in [0.15, 0.2) is 43.1 Å². The fourth-order valence-corrected chi connectivity index (χ4v) is 3.78. The lowest BCUT2D eigenvalue weighted by atomic mass is 9.95. The van der Waals surface area contributed by atoms with Gasteiger partial charge in [0, 0.05) is 17.8 Å². The molecule has 2 aromatic heterocycles. The van der Waals surface area contributed by atoms with Crippen LogP contribution < -0.4 is 5.32 Å². The van der Waals surface area contributed by atoms with Crippen LogP contribution in [0.1, 0.15) is 36.8 Å². The van der Waals surface area contributed by atoms with E-state index in [2.05, 4.69) is 32.6 Å². The van der Waals surface area contributed by atoms with Crippen molar-refractivity contribution < 1.29 is 5.11 Å². The Labute approximate surface area is 159 Å². The minimum Gasteiger partial charge on any atom is -0.508 e. The lowest BCUT2D eigenvalue weighted by Crippen LogP contribution is -2.34. The van der Waals surface area contributed by atoms with E-state index < -0.39 is 0 Å². The van der Waals surface area contributed by atoms with E-state index >= 15 is 0 Å². The van der Waals surface area contributed by atoms with Crippen LogP contribution in [0, 0.1) is 6.92 Å². The lowest BCUT2D eigenvalue weighted by molar-refractivity contribution is 0.382. The molecule has 2 N–H and O–H groups in total. The molecule has 1 saturated heterocycles. The summed E-state index contributed by atoms with van der Waals surface area (Å²) in [7, 11) is 0. The molecule has 3 aromatic rings. The zero-order valence-electron chi connectivity index (χ0n) is 15.6. The second-order valence-corrected chi connectivity index (χ2v) is 7.33. The molecule has 0 amide bonds. The van der Waals surface area contributed by atoms with Crippen LogP contribution in [-0.4, -0.2) is 37.4 Å². The zero-order valence-corrected chi connectivity index (χ0v) is 15.6. The molecule has 6 nitrogen and oxygen atoms in total. The third-order valence-electron chi connectivity index (χ3n) is 5.15. The van der Waals surface area contributed by atoms with E-state index in [-0.39, 0.29) is 5.75 Å². The van der Waals surface area contributed by atoms with Crippen molar-refractivity contribution in [2.45, 2.75) is 45.1 Å². The van der Waals surface area contributed by atoms with E-state index in [9.17, 15) is 5.11 Å². The first-order valence-electron chi connectivity index (χ1n) is 9.57. The summed E-state index contributed by atoms with van der Waals surface area (Å²) in [5.74, 6) is 1.05. The van der Waals surface area contributed by atoms with Crippen molar-refractivity contribution in [3.63, 3.8) is 0 Å². The highest BCUT2D eigenvalue weighted by Gasteiger charge is 2.14. The van der Waals surface area contributed by atoms with Crippen molar-refractivity contribution in [1.29, 1.82) is 0 Å². The quantitative estimate of drug-likeness (QED) is 0.726. The van der Waals surface area contributed by atoms with Gasteiger partial charge in [0.2, 0.25) is 0 Å². The number of phenolic OH excluding ortho intramolecular Hbond substituents is 1. The van der Waals surface area contributed by atoms with E-state index in [0.717, 1.165) is 47.5 Å². The molecule has 0 aliphatic carbocycles. The average Bonchev–Trinajstić information content (AvgIpc) is 3.21. The molecule has 0 radical (unpaired) electrons. The molecule has 1 fully saturated rings. The summed E-state index contributed by atoms with van der Waals surface area (Å²) in [5.41, 5.74) is 4.14. The van der Waals surface area contributed by atoms with Crippen LogP contribution in [0.2, 0.25) is 0 Å². The number of rotatable bonds is 5. The molecule has 4 rings (SSSR count). The Morgan fingerprint density at radius 2 is 2.00 bits per heavy atom. The molecule has 1 unspecified atom stereocenters. The second kappa shape index (κ2) is 7.88. The molecule has 1 aliphatic heterocycles. The molecular formula is C21H25N5O. The topological polar surface area (TPSA) is 75.9 Å². The molecule has 0 spiro atoms. The van der Waals surface area contributed by atoms with Crippen molar-refractivity contribution >= 4 is 0 Å². The van der Waals surface area contributed by atoms with E-state index in [1.54, 1.807) is 23.3 Å². The van der Waals surface area contributed by atoms with E-state index in [1.165, 1.54) is 19.3 Å². The molecule has 1 aliphatic rings. The summed E-state index contributed by atoms with van der Waals surface area (Å²) in [4.78, 5) is 4.57. The van der Waals surface area contributed by atoms with Crippen LogP contribution in [0.3, 0.4) is 0 Å². The van der Waals surface area contributed by atoms with Gasteiger partial charge in [0.05, 0.1) is 0 Å². The summed E-state index contributed by atoms with van der Waals surface area (Å²) >= 11 is 0. The van der Waals surface area contributed by atoms with Gasteiger partial charge in [-0.3, -0.25) is 4.57 Å². The zero-order chi connectivity index (χ0) is 18.6. The first-order chi connectivity index (χ1) is 13.2. The fraction of sp³-hybridized carbons (Fsp3) is 0.381. The number of benzene rings is 1. The summed E-state index contributed by atoms with van der Waals surface area (Å²) in [6.07, 6.45) is 11.0. The number of aromatic nitrogens is 4. The van der Waals surface area contributed by atoms with Gasteiger partial charge in [0.15, 0.2) is 0 Å². The Bertz CT molecular complexity index is 901. The van der Waals surface area contributed by atoms with E-state index in [0.29, 0.717) is 6.04 Å². The largest absolute Gasteiger partial charge is 0.508 e. The Kier molecular flexibility index (Phi) is 5.16. The summed E-state index contributed by atoms with van der Waals surface area (Å²) in [6.45, 7) is 3.14. The Hall–Kier alpha value is -2.73. The minimum atomic E-state index is 0.287. The Morgan fingerprint density at radius 1 is 1.15 bits per heavy atom. The van der Waals surface area contributed by atoms with Crippen LogP contribution in [-0.2, 0) is 6.42 Å². The van der Waals surface area contributed by atoms with Crippen molar-refractivity contribution in [3.05, 3.63) is 54.2 Å². The molecule has 6 heteroatoms. The number of aryl methyl sites for hydroxylation is 2.